The molecular weight excluding hydrogens is 581 g/mol. The van der Waals surface area contributed by atoms with Gasteiger partial charge in [0, 0.05) is 22.5 Å². The lowest BCUT2D eigenvalue weighted by Crippen LogP contribution is -1.94. The molecule has 0 N–H and O–H groups in total. The van der Waals surface area contributed by atoms with Gasteiger partial charge in [0.2, 0.25) is 0 Å². The molecule has 10 aromatic rings. The van der Waals surface area contributed by atoms with Gasteiger partial charge in [0.1, 0.15) is 0 Å². The minimum absolute atomic E-state index is 0.922. The molecule has 2 nitrogen and oxygen atoms in total. The highest BCUT2D eigenvalue weighted by molar-refractivity contribution is 6.21. The average Bonchev–Trinajstić information content (AvgIpc) is 3.16. The van der Waals surface area contributed by atoms with Gasteiger partial charge in [0.15, 0.2) is 0 Å². The summed E-state index contributed by atoms with van der Waals surface area (Å²) in [5.41, 5.74) is 8.83. The van der Waals surface area contributed by atoms with Gasteiger partial charge in [-0.05, 0) is 83.5 Å². The summed E-state index contributed by atoms with van der Waals surface area (Å²) in [6.45, 7) is 0. The molecule has 0 spiro atoms. The summed E-state index contributed by atoms with van der Waals surface area (Å²) < 4.78 is 0. The molecule has 0 amide bonds. The van der Waals surface area contributed by atoms with E-state index in [0.717, 1.165) is 33.1 Å². The molecule has 48 heavy (non-hydrogen) atoms. The minimum atomic E-state index is 0.922. The van der Waals surface area contributed by atoms with Gasteiger partial charge in [-0.25, -0.2) is 4.98 Å². The molecule has 2 heterocycles. The zero-order valence-electron chi connectivity index (χ0n) is 26.1. The summed E-state index contributed by atoms with van der Waals surface area (Å²) in [7, 11) is 0. The van der Waals surface area contributed by atoms with Crippen LogP contribution in [0.2, 0.25) is 0 Å². The fourth-order valence-corrected chi connectivity index (χ4v) is 7.70. The maximum atomic E-state index is 5.42. The molecule has 0 radical (unpaired) electrons. The van der Waals surface area contributed by atoms with Crippen LogP contribution in [0.3, 0.4) is 0 Å². The molecule has 10 rings (SSSR count). The van der Waals surface area contributed by atoms with Gasteiger partial charge < -0.3 is 0 Å². The van der Waals surface area contributed by atoms with Crippen LogP contribution in [0.4, 0.5) is 0 Å². The Morgan fingerprint density at radius 2 is 0.771 bits per heavy atom. The van der Waals surface area contributed by atoms with Crippen molar-refractivity contribution >= 4 is 64.9 Å². The van der Waals surface area contributed by atoms with Gasteiger partial charge in [-0.1, -0.05) is 146 Å². The number of rotatable bonds is 3. The molecule has 0 bridgehead atoms. The number of benzene rings is 8. The zero-order chi connectivity index (χ0) is 31.6. The fraction of sp³-hybridized carbons (Fsp3) is 0. The van der Waals surface area contributed by atoms with Crippen LogP contribution in [0.1, 0.15) is 0 Å². The molecule has 0 aliphatic rings. The van der Waals surface area contributed by atoms with E-state index in [0.29, 0.717) is 0 Å². The molecule has 0 unspecified atom stereocenters. The summed E-state index contributed by atoms with van der Waals surface area (Å²) in [5.74, 6) is 0. The lowest BCUT2D eigenvalue weighted by molar-refractivity contribution is 1.38. The van der Waals surface area contributed by atoms with Crippen molar-refractivity contribution in [3.8, 4) is 33.5 Å². The molecule has 0 saturated heterocycles. The van der Waals surface area contributed by atoms with E-state index in [1.807, 2.05) is 12.3 Å². The summed E-state index contributed by atoms with van der Waals surface area (Å²) >= 11 is 0. The monoisotopic (exact) mass is 608 g/mol. The molecule has 0 fully saturated rings. The van der Waals surface area contributed by atoms with Gasteiger partial charge in [-0.3, -0.25) is 4.98 Å². The predicted molar refractivity (Wildman–Crippen MR) is 203 cm³/mol. The van der Waals surface area contributed by atoms with E-state index in [2.05, 4.69) is 158 Å². The Morgan fingerprint density at radius 3 is 1.40 bits per heavy atom. The Balaban J connectivity index is 1.36. The zero-order valence-corrected chi connectivity index (χ0v) is 26.1. The second-order valence-electron chi connectivity index (χ2n) is 12.5. The van der Waals surface area contributed by atoms with E-state index in [9.17, 15) is 0 Å². The highest BCUT2D eigenvalue weighted by atomic mass is 14.8. The first-order valence-electron chi connectivity index (χ1n) is 16.4. The van der Waals surface area contributed by atoms with Crippen molar-refractivity contribution in [2.45, 2.75) is 0 Å². The van der Waals surface area contributed by atoms with Crippen molar-refractivity contribution in [3.05, 3.63) is 170 Å². The van der Waals surface area contributed by atoms with Crippen LogP contribution in [0.25, 0.3) is 98.4 Å². The van der Waals surface area contributed by atoms with Crippen molar-refractivity contribution in [3.63, 3.8) is 0 Å². The second-order valence-corrected chi connectivity index (χ2v) is 12.5. The molecule has 8 aromatic carbocycles. The van der Waals surface area contributed by atoms with Gasteiger partial charge in [0.05, 0.1) is 16.7 Å². The Kier molecular flexibility index (Phi) is 5.91. The first-order valence-corrected chi connectivity index (χ1v) is 16.4. The van der Waals surface area contributed by atoms with Crippen LogP contribution < -0.4 is 0 Å². The molecule has 2 aromatic heterocycles. The summed E-state index contributed by atoms with van der Waals surface area (Å²) in [5, 5.41) is 11.9. The van der Waals surface area contributed by atoms with Crippen molar-refractivity contribution in [1.29, 1.82) is 0 Å². The van der Waals surface area contributed by atoms with Crippen molar-refractivity contribution < 1.29 is 0 Å². The lowest BCUT2D eigenvalue weighted by Gasteiger charge is -2.18. The highest BCUT2D eigenvalue weighted by Crippen LogP contribution is 2.45. The third-order valence-electron chi connectivity index (χ3n) is 9.89. The summed E-state index contributed by atoms with van der Waals surface area (Å²) in [4.78, 5) is 10.2. The third kappa shape index (κ3) is 4.06. The predicted octanol–water partition coefficient (Wildman–Crippen LogP) is 12.4. The van der Waals surface area contributed by atoms with Crippen LogP contribution in [0.15, 0.2) is 170 Å². The maximum Gasteiger partial charge on any atom is 0.0972 e. The molecule has 0 aliphatic carbocycles. The van der Waals surface area contributed by atoms with Crippen LogP contribution in [0, 0.1) is 0 Å². The smallest absolute Gasteiger partial charge is 0.0972 e. The Morgan fingerprint density at radius 1 is 0.312 bits per heavy atom. The average molecular weight is 609 g/mol. The van der Waals surface area contributed by atoms with E-state index < -0.39 is 0 Å². The summed E-state index contributed by atoms with van der Waals surface area (Å²) in [6, 6.07) is 59.2. The van der Waals surface area contributed by atoms with Crippen LogP contribution in [-0.4, -0.2) is 9.97 Å². The number of fused-ring (bicyclic) bond motifs is 7. The highest BCUT2D eigenvalue weighted by Gasteiger charge is 2.19. The van der Waals surface area contributed by atoms with Gasteiger partial charge in [0.25, 0.3) is 0 Å². The molecule has 0 aliphatic heterocycles. The maximum absolute atomic E-state index is 5.42. The van der Waals surface area contributed by atoms with Gasteiger partial charge >= 0.3 is 0 Å². The number of nitrogens with zero attached hydrogens (tertiary/aromatic N) is 2. The van der Waals surface area contributed by atoms with Crippen LogP contribution in [-0.2, 0) is 0 Å². The largest absolute Gasteiger partial charge is 0.254 e. The second kappa shape index (κ2) is 10.6. The number of aromatic nitrogens is 2. The molecule has 222 valence electrons. The third-order valence-corrected chi connectivity index (χ3v) is 9.89. The Bertz CT molecular complexity index is 2750. The van der Waals surface area contributed by atoms with Crippen LogP contribution in [0.5, 0.6) is 0 Å². The fourth-order valence-electron chi connectivity index (χ4n) is 7.70. The number of hydrogen-bond donors (Lipinski definition) is 0. The topological polar surface area (TPSA) is 25.8 Å². The normalized spacial score (nSPS) is 11.8. The SMILES string of the molecule is c1ccc2c(-c3cccc4c(-c5ccc6ccc7cccnc7c6n5)c5cccc(-c6cccc7ccccc67)c5cc34)cccc2c1. The van der Waals surface area contributed by atoms with Crippen molar-refractivity contribution in [2.24, 2.45) is 0 Å². The van der Waals surface area contributed by atoms with Crippen molar-refractivity contribution in [2.75, 3.05) is 0 Å². The van der Waals surface area contributed by atoms with E-state index in [1.54, 1.807) is 0 Å². The molecule has 0 saturated carbocycles. The summed E-state index contributed by atoms with van der Waals surface area (Å²) in [6.07, 6.45) is 1.86. The molecule has 2 heteroatoms. The molecular formula is C46H28N2. The van der Waals surface area contributed by atoms with E-state index in [1.165, 1.54) is 65.3 Å². The van der Waals surface area contributed by atoms with Crippen molar-refractivity contribution in [1.82, 2.24) is 9.97 Å². The van der Waals surface area contributed by atoms with E-state index >= 15 is 0 Å². The lowest BCUT2D eigenvalue weighted by atomic mass is 9.86. The number of pyridine rings is 2. The van der Waals surface area contributed by atoms with E-state index in [4.69, 9.17) is 9.97 Å². The Labute approximate surface area is 277 Å². The van der Waals surface area contributed by atoms with Gasteiger partial charge in [-0.2, -0.15) is 0 Å². The van der Waals surface area contributed by atoms with E-state index in [-0.39, 0.29) is 0 Å². The first-order chi connectivity index (χ1) is 23.8. The first kappa shape index (κ1) is 26.8. The number of hydrogen-bond acceptors (Lipinski definition) is 2. The Hall–Kier alpha value is -6.38. The minimum Gasteiger partial charge on any atom is -0.254 e. The molecule has 0 atom stereocenters. The standard InChI is InChI=1S/C46H28N2/c1-3-15-33-29(10-1)12-5-17-35(33)37-19-7-21-39-41(37)28-42-38(36-18-6-13-30-11-2-4-16-34(30)36)20-8-22-40(42)44(39)43-26-25-32-24-23-31-14-9-27-47-45(31)46(32)48-43/h1-28H. The van der Waals surface area contributed by atoms with Crippen LogP contribution >= 0.6 is 0 Å². The quantitative estimate of drug-likeness (QED) is 0.147. The van der Waals surface area contributed by atoms with Gasteiger partial charge in [-0.15, -0.1) is 0 Å².